The van der Waals surface area contributed by atoms with Crippen molar-refractivity contribution in [2.45, 2.75) is 40.2 Å². The fraction of sp³-hybridized carbons (Fsp3) is 0.500. The van der Waals surface area contributed by atoms with Crippen LogP contribution in [0.3, 0.4) is 0 Å². The summed E-state index contributed by atoms with van der Waals surface area (Å²) < 4.78 is 7.31. The molecule has 0 aliphatic carbocycles. The van der Waals surface area contributed by atoms with Gasteiger partial charge in [-0.1, -0.05) is 19.0 Å². The van der Waals surface area contributed by atoms with Crippen LogP contribution in [0.4, 0.5) is 0 Å². The minimum absolute atomic E-state index is 0.426. The first-order valence-corrected chi connectivity index (χ1v) is 5.52. The third-order valence-corrected chi connectivity index (χ3v) is 2.77. The fourth-order valence-corrected chi connectivity index (χ4v) is 1.85. The molecule has 2 aromatic rings. The Bertz CT molecular complexity index is 463. The molecule has 0 aromatic carbocycles. The Morgan fingerprint density at radius 1 is 1.38 bits per heavy atom. The minimum Gasteiger partial charge on any atom is -0.361 e. The van der Waals surface area contributed by atoms with Crippen LogP contribution in [0.5, 0.6) is 0 Å². The summed E-state index contributed by atoms with van der Waals surface area (Å²) in [7, 11) is 0. The Balaban J connectivity index is 2.31. The molecule has 0 amide bonds. The van der Waals surface area contributed by atoms with Crippen LogP contribution in [0.1, 0.15) is 42.6 Å². The molecule has 0 atom stereocenters. The van der Waals surface area contributed by atoms with E-state index in [4.69, 9.17) is 4.52 Å². The van der Waals surface area contributed by atoms with Crippen LogP contribution < -0.4 is 0 Å². The maximum atomic E-state index is 5.16. The molecule has 0 saturated heterocycles. The summed E-state index contributed by atoms with van der Waals surface area (Å²) in [5, 5.41) is 3.96. The van der Waals surface area contributed by atoms with E-state index in [2.05, 4.69) is 28.6 Å². The van der Waals surface area contributed by atoms with Crippen LogP contribution in [0, 0.1) is 13.8 Å². The van der Waals surface area contributed by atoms with Crippen molar-refractivity contribution in [2.24, 2.45) is 0 Å². The number of aromatic nitrogens is 3. The minimum atomic E-state index is 0.426. The van der Waals surface area contributed by atoms with E-state index in [0.717, 1.165) is 29.4 Å². The molecule has 0 N–H and O–H groups in total. The number of hydrogen-bond acceptors (Lipinski definition) is 3. The van der Waals surface area contributed by atoms with Gasteiger partial charge in [-0.25, -0.2) is 4.98 Å². The van der Waals surface area contributed by atoms with Gasteiger partial charge in [0.25, 0.3) is 0 Å². The Labute approximate surface area is 95.3 Å². The van der Waals surface area contributed by atoms with Crippen molar-refractivity contribution in [3.63, 3.8) is 0 Å². The zero-order valence-corrected chi connectivity index (χ0v) is 10.2. The molecule has 0 spiro atoms. The van der Waals surface area contributed by atoms with Crippen molar-refractivity contribution in [3.8, 4) is 0 Å². The van der Waals surface area contributed by atoms with Crippen molar-refractivity contribution in [3.05, 3.63) is 35.2 Å². The fourth-order valence-electron chi connectivity index (χ4n) is 1.85. The normalized spacial score (nSPS) is 11.3. The van der Waals surface area contributed by atoms with Crippen molar-refractivity contribution in [1.82, 2.24) is 14.7 Å². The molecule has 0 aliphatic heterocycles. The molecule has 0 fully saturated rings. The van der Waals surface area contributed by atoms with Gasteiger partial charge < -0.3 is 9.09 Å². The zero-order chi connectivity index (χ0) is 11.7. The summed E-state index contributed by atoms with van der Waals surface area (Å²) in [4.78, 5) is 4.37. The number of nitrogens with zero attached hydrogens (tertiary/aromatic N) is 3. The first kappa shape index (κ1) is 10.9. The average Bonchev–Trinajstić information content (AvgIpc) is 2.80. The second-order valence-electron chi connectivity index (χ2n) is 4.37. The smallest absolute Gasteiger partial charge is 0.138 e. The van der Waals surface area contributed by atoms with Crippen molar-refractivity contribution < 1.29 is 4.52 Å². The average molecular weight is 219 g/mol. The lowest BCUT2D eigenvalue weighted by Gasteiger charge is -2.09. The largest absolute Gasteiger partial charge is 0.361 e. The first-order chi connectivity index (χ1) is 7.59. The first-order valence-electron chi connectivity index (χ1n) is 5.52. The standard InChI is InChI=1S/C12H17N3O/c1-8(2)12-13-5-6-15(12)7-11-9(3)14-16-10(11)4/h5-6,8H,7H2,1-4H3. The lowest BCUT2D eigenvalue weighted by Crippen LogP contribution is -2.06. The van der Waals surface area contributed by atoms with Gasteiger partial charge in [0.05, 0.1) is 12.2 Å². The van der Waals surface area contributed by atoms with E-state index in [0.29, 0.717) is 5.92 Å². The van der Waals surface area contributed by atoms with Crippen LogP contribution in [0.15, 0.2) is 16.9 Å². The lowest BCUT2D eigenvalue weighted by molar-refractivity contribution is 0.392. The van der Waals surface area contributed by atoms with E-state index in [1.54, 1.807) is 0 Å². The molecule has 0 saturated carbocycles. The van der Waals surface area contributed by atoms with Crippen molar-refractivity contribution in [1.29, 1.82) is 0 Å². The Morgan fingerprint density at radius 2 is 2.12 bits per heavy atom. The quantitative estimate of drug-likeness (QED) is 0.797. The molecule has 86 valence electrons. The molecule has 4 heteroatoms. The third-order valence-electron chi connectivity index (χ3n) is 2.77. The van der Waals surface area contributed by atoms with Gasteiger partial charge in [-0.3, -0.25) is 0 Å². The van der Waals surface area contributed by atoms with Crippen LogP contribution in [0.2, 0.25) is 0 Å². The van der Waals surface area contributed by atoms with Crippen molar-refractivity contribution >= 4 is 0 Å². The number of hydrogen-bond donors (Lipinski definition) is 0. The molecule has 0 aliphatic rings. The summed E-state index contributed by atoms with van der Waals surface area (Å²) in [6, 6.07) is 0. The molecule has 0 unspecified atom stereocenters. The van der Waals surface area contributed by atoms with Gasteiger partial charge in [0.1, 0.15) is 11.6 Å². The molecular weight excluding hydrogens is 202 g/mol. The van der Waals surface area contributed by atoms with Gasteiger partial charge in [-0.05, 0) is 13.8 Å². The molecule has 2 heterocycles. The van der Waals surface area contributed by atoms with E-state index in [1.165, 1.54) is 0 Å². The summed E-state index contributed by atoms with van der Waals surface area (Å²) in [5.41, 5.74) is 2.11. The van der Waals surface area contributed by atoms with Crippen LogP contribution in [0.25, 0.3) is 0 Å². The molecule has 0 bridgehead atoms. The number of imidazole rings is 1. The van der Waals surface area contributed by atoms with Crippen LogP contribution in [-0.4, -0.2) is 14.7 Å². The van der Waals surface area contributed by atoms with Crippen LogP contribution in [-0.2, 0) is 6.54 Å². The maximum Gasteiger partial charge on any atom is 0.138 e. The molecule has 0 radical (unpaired) electrons. The summed E-state index contributed by atoms with van der Waals surface area (Å²) in [6.45, 7) is 8.99. The van der Waals surface area contributed by atoms with E-state index in [-0.39, 0.29) is 0 Å². The van der Waals surface area contributed by atoms with Gasteiger partial charge in [-0.2, -0.15) is 0 Å². The molecular formula is C12H17N3O. The predicted octanol–water partition coefficient (Wildman–Crippen LogP) is 2.66. The highest BCUT2D eigenvalue weighted by Gasteiger charge is 2.13. The van der Waals surface area contributed by atoms with E-state index in [1.807, 2.05) is 26.2 Å². The molecule has 2 aromatic heterocycles. The topological polar surface area (TPSA) is 43.9 Å². The lowest BCUT2D eigenvalue weighted by atomic mass is 10.2. The van der Waals surface area contributed by atoms with Gasteiger partial charge in [-0.15, -0.1) is 0 Å². The van der Waals surface area contributed by atoms with Crippen LogP contribution >= 0.6 is 0 Å². The SMILES string of the molecule is Cc1noc(C)c1Cn1ccnc1C(C)C. The molecule has 2 rings (SSSR count). The Morgan fingerprint density at radius 3 is 2.69 bits per heavy atom. The highest BCUT2D eigenvalue weighted by molar-refractivity contribution is 5.21. The Kier molecular flexibility index (Phi) is 2.81. The van der Waals surface area contributed by atoms with E-state index < -0.39 is 0 Å². The van der Waals surface area contributed by atoms with Crippen molar-refractivity contribution in [2.75, 3.05) is 0 Å². The van der Waals surface area contributed by atoms with Gasteiger partial charge >= 0.3 is 0 Å². The van der Waals surface area contributed by atoms with E-state index >= 15 is 0 Å². The highest BCUT2D eigenvalue weighted by Crippen LogP contribution is 2.17. The second-order valence-corrected chi connectivity index (χ2v) is 4.37. The second kappa shape index (κ2) is 4.12. The molecule has 16 heavy (non-hydrogen) atoms. The predicted molar refractivity (Wildman–Crippen MR) is 61.4 cm³/mol. The number of aryl methyl sites for hydroxylation is 2. The summed E-state index contributed by atoms with van der Waals surface area (Å²) in [5.74, 6) is 2.41. The Hall–Kier alpha value is -1.58. The van der Waals surface area contributed by atoms with Gasteiger partial charge in [0.15, 0.2) is 0 Å². The maximum absolute atomic E-state index is 5.16. The summed E-state index contributed by atoms with van der Waals surface area (Å²) >= 11 is 0. The monoisotopic (exact) mass is 219 g/mol. The molecule has 4 nitrogen and oxygen atoms in total. The summed E-state index contributed by atoms with van der Waals surface area (Å²) in [6.07, 6.45) is 3.84. The highest BCUT2D eigenvalue weighted by atomic mass is 16.5. The number of rotatable bonds is 3. The third kappa shape index (κ3) is 1.87. The zero-order valence-electron chi connectivity index (χ0n) is 10.2. The van der Waals surface area contributed by atoms with E-state index in [9.17, 15) is 0 Å². The van der Waals surface area contributed by atoms with Gasteiger partial charge in [0.2, 0.25) is 0 Å². The van der Waals surface area contributed by atoms with Gasteiger partial charge in [0, 0.05) is 23.9 Å².